The van der Waals surface area contributed by atoms with Crippen LogP contribution in [-0.4, -0.2) is 33.3 Å². The number of para-hydroxylation sites is 1. The number of imidazole rings is 1. The van der Waals surface area contributed by atoms with E-state index in [1.54, 1.807) is 0 Å². The maximum Gasteiger partial charge on any atom is 0.257 e. The summed E-state index contributed by atoms with van der Waals surface area (Å²) < 4.78 is 8.04. The molecule has 5 heteroatoms. The predicted octanol–water partition coefficient (Wildman–Crippen LogP) is 4.48. The van der Waals surface area contributed by atoms with E-state index >= 15 is 0 Å². The molecule has 2 heterocycles. The van der Waals surface area contributed by atoms with Crippen LogP contribution in [-0.2, 0) is 6.61 Å². The first-order chi connectivity index (χ1) is 13.7. The molecule has 1 aliphatic carbocycles. The summed E-state index contributed by atoms with van der Waals surface area (Å²) in [5.74, 6) is 1.36. The Kier molecular flexibility index (Phi) is 5.33. The fourth-order valence-electron chi connectivity index (χ4n) is 3.52. The van der Waals surface area contributed by atoms with Crippen LogP contribution in [0.4, 0.5) is 0 Å². The van der Waals surface area contributed by atoms with Gasteiger partial charge in [0.25, 0.3) is 5.91 Å². The van der Waals surface area contributed by atoms with Crippen LogP contribution >= 0.6 is 0 Å². The standard InChI is InChI=1S/C23H27N3O2/c1-3-12-26(14-18-10-11-18)23(27)20-8-4-5-9-21(20)28-16-19-15-25-13-6-7-17(2)22(25)24-19/h4-9,13,15,18H,3,10-12,14,16H2,1-2H3. The number of fused-ring (bicyclic) bond motifs is 1. The number of rotatable bonds is 8. The summed E-state index contributed by atoms with van der Waals surface area (Å²) in [5, 5.41) is 0. The number of benzene rings is 1. The molecule has 5 nitrogen and oxygen atoms in total. The maximum atomic E-state index is 13.1. The molecule has 1 aliphatic rings. The van der Waals surface area contributed by atoms with Crippen LogP contribution in [0.5, 0.6) is 5.75 Å². The van der Waals surface area contributed by atoms with E-state index in [4.69, 9.17) is 4.74 Å². The van der Waals surface area contributed by atoms with Gasteiger partial charge in [-0.25, -0.2) is 4.98 Å². The summed E-state index contributed by atoms with van der Waals surface area (Å²) >= 11 is 0. The van der Waals surface area contributed by atoms with Crippen molar-refractivity contribution in [2.75, 3.05) is 13.1 Å². The molecule has 1 saturated carbocycles. The highest BCUT2D eigenvalue weighted by molar-refractivity contribution is 5.97. The summed E-state index contributed by atoms with van der Waals surface area (Å²) in [6.45, 7) is 6.13. The second kappa shape index (κ2) is 8.05. The summed E-state index contributed by atoms with van der Waals surface area (Å²) in [5.41, 5.74) is 3.54. The first-order valence-electron chi connectivity index (χ1n) is 10.1. The number of hydrogen-bond donors (Lipinski definition) is 0. The largest absolute Gasteiger partial charge is 0.486 e. The van der Waals surface area contributed by atoms with Gasteiger partial charge in [-0.3, -0.25) is 4.79 Å². The smallest absolute Gasteiger partial charge is 0.257 e. The van der Waals surface area contributed by atoms with Gasteiger partial charge in [-0.05, 0) is 55.9 Å². The van der Waals surface area contributed by atoms with Gasteiger partial charge in [-0.1, -0.05) is 25.1 Å². The van der Waals surface area contributed by atoms with Crippen LogP contribution in [0.2, 0.25) is 0 Å². The molecule has 0 unspecified atom stereocenters. The average molecular weight is 377 g/mol. The molecule has 146 valence electrons. The third-order valence-electron chi connectivity index (χ3n) is 5.18. The highest BCUT2D eigenvalue weighted by atomic mass is 16.5. The zero-order valence-corrected chi connectivity index (χ0v) is 16.6. The summed E-state index contributed by atoms with van der Waals surface area (Å²) in [7, 11) is 0. The van der Waals surface area contributed by atoms with Gasteiger partial charge in [0.2, 0.25) is 0 Å². The normalized spacial score (nSPS) is 13.6. The minimum Gasteiger partial charge on any atom is -0.486 e. The zero-order valence-electron chi connectivity index (χ0n) is 16.6. The second-order valence-electron chi connectivity index (χ2n) is 7.63. The van der Waals surface area contributed by atoms with Gasteiger partial charge in [-0.2, -0.15) is 0 Å². The highest BCUT2D eigenvalue weighted by Gasteiger charge is 2.28. The quantitative estimate of drug-likeness (QED) is 0.581. The molecule has 0 saturated heterocycles. The van der Waals surface area contributed by atoms with E-state index in [0.717, 1.165) is 36.4 Å². The summed E-state index contributed by atoms with van der Waals surface area (Å²) in [6, 6.07) is 11.6. The van der Waals surface area contributed by atoms with Crippen molar-refractivity contribution in [1.82, 2.24) is 14.3 Å². The van der Waals surface area contributed by atoms with Gasteiger partial charge in [-0.15, -0.1) is 0 Å². The molecule has 0 radical (unpaired) electrons. The molecule has 1 aromatic carbocycles. The number of nitrogens with zero attached hydrogens (tertiary/aromatic N) is 3. The van der Waals surface area contributed by atoms with E-state index < -0.39 is 0 Å². The molecule has 0 atom stereocenters. The van der Waals surface area contributed by atoms with E-state index in [0.29, 0.717) is 23.8 Å². The predicted molar refractivity (Wildman–Crippen MR) is 110 cm³/mol. The Morgan fingerprint density at radius 2 is 2.07 bits per heavy atom. The lowest BCUT2D eigenvalue weighted by Gasteiger charge is -2.23. The Labute approximate surface area is 166 Å². The topological polar surface area (TPSA) is 46.8 Å². The first-order valence-corrected chi connectivity index (χ1v) is 10.1. The van der Waals surface area contributed by atoms with Crippen molar-refractivity contribution in [2.24, 2.45) is 5.92 Å². The van der Waals surface area contributed by atoms with E-state index in [-0.39, 0.29) is 5.91 Å². The summed E-state index contributed by atoms with van der Waals surface area (Å²) in [6.07, 6.45) is 7.39. The van der Waals surface area contributed by atoms with Crippen molar-refractivity contribution in [1.29, 1.82) is 0 Å². The lowest BCUT2D eigenvalue weighted by atomic mass is 10.1. The molecule has 3 aromatic rings. The lowest BCUT2D eigenvalue weighted by Crippen LogP contribution is -2.33. The second-order valence-corrected chi connectivity index (χ2v) is 7.63. The van der Waals surface area contributed by atoms with Gasteiger partial charge < -0.3 is 14.0 Å². The van der Waals surface area contributed by atoms with Crippen molar-refractivity contribution < 1.29 is 9.53 Å². The molecule has 0 N–H and O–H groups in total. The van der Waals surface area contributed by atoms with E-state index in [1.165, 1.54) is 12.8 Å². The van der Waals surface area contributed by atoms with E-state index in [9.17, 15) is 4.79 Å². The first kappa shape index (κ1) is 18.5. The van der Waals surface area contributed by atoms with E-state index in [2.05, 4.69) is 11.9 Å². The molecule has 28 heavy (non-hydrogen) atoms. The van der Waals surface area contributed by atoms with Crippen LogP contribution in [0.3, 0.4) is 0 Å². The van der Waals surface area contributed by atoms with Crippen molar-refractivity contribution in [3.8, 4) is 5.75 Å². The van der Waals surface area contributed by atoms with Crippen LogP contribution in [0, 0.1) is 12.8 Å². The van der Waals surface area contributed by atoms with Gasteiger partial charge >= 0.3 is 0 Å². The van der Waals surface area contributed by atoms with Crippen LogP contribution < -0.4 is 4.74 Å². The molecule has 0 spiro atoms. The maximum absolute atomic E-state index is 13.1. The fraction of sp³-hybridized carbons (Fsp3) is 0.391. The Morgan fingerprint density at radius 1 is 1.25 bits per heavy atom. The highest BCUT2D eigenvalue weighted by Crippen LogP contribution is 2.31. The lowest BCUT2D eigenvalue weighted by molar-refractivity contribution is 0.0742. The van der Waals surface area contributed by atoms with Crippen molar-refractivity contribution in [3.63, 3.8) is 0 Å². The van der Waals surface area contributed by atoms with Gasteiger partial charge in [0, 0.05) is 25.5 Å². The Bertz CT molecular complexity index is 975. The Morgan fingerprint density at radius 3 is 2.82 bits per heavy atom. The van der Waals surface area contributed by atoms with Crippen molar-refractivity contribution >= 4 is 11.6 Å². The molecule has 2 aromatic heterocycles. The third-order valence-corrected chi connectivity index (χ3v) is 5.18. The monoisotopic (exact) mass is 377 g/mol. The number of carbonyl (C=O) groups is 1. The van der Waals surface area contributed by atoms with Gasteiger partial charge in [0.1, 0.15) is 18.0 Å². The zero-order chi connectivity index (χ0) is 19.5. The minimum atomic E-state index is 0.0650. The number of aryl methyl sites for hydroxylation is 1. The van der Waals surface area contributed by atoms with Crippen LogP contribution in [0.1, 0.15) is 47.8 Å². The molecule has 0 aliphatic heterocycles. The number of hydrogen-bond acceptors (Lipinski definition) is 3. The van der Waals surface area contributed by atoms with Crippen LogP contribution in [0.25, 0.3) is 5.65 Å². The van der Waals surface area contributed by atoms with Crippen molar-refractivity contribution in [3.05, 3.63) is 65.6 Å². The number of aromatic nitrogens is 2. The molecule has 4 rings (SSSR count). The van der Waals surface area contributed by atoms with Crippen LogP contribution in [0.15, 0.2) is 48.8 Å². The van der Waals surface area contributed by atoms with Gasteiger partial charge in [0.15, 0.2) is 0 Å². The number of carbonyl (C=O) groups excluding carboxylic acids is 1. The fourth-order valence-corrected chi connectivity index (χ4v) is 3.52. The van der Waals surface area contributed by atoms with Gasteiger partial charge in [0.05, 0.1) is 11.3 Å². The SMILES string of the molecule is CCCN(CC1CC1)C(=O)c1ccccc1OCc1cn2cccc(C)c2n1. The third kappa shape index (κ3) is 4.03. The molecular weight excluding hydrogens is 350 g/mol. The average Bonchev–Trinajstić information content (AvgIpc) is 3.42. The molecule has 1 fully saturated rings. The number of pyridine rings is 1. The molecule has 1 amide bonds. The Balaban J connectivity index is 1.51. The number of ether oxygens (including phenoxy) is 1. The Hall–Kier alpha value is -2.82. The minimum absolute atomic E-state index is 0.0650. The molecular formula is C23H27N3O2. The number of amides is 1. The van der Waals surface area contributed by atoms with Crippen molar-refractivity contribution in [2.45, 2.75) is 39.7 Å². The van der Waals surface area contributed by atoms with E-state index in [1.807, 2.05) is 65.0 Å². The summed E-state index contributed by atoms with van der Waals surface area (Å²) in [4.78, 5) is 19.8. The molecule has 0 bridgehead atoms.